The minimum atomic E-state index is -5.47. The molecular formula is C54H81N3O16P2. The van der Waals surface area contributed by atoms with Gasteiger partial charge in [0, 0.05) is 19.0 Å². The summed E-state index contributed by atoms with van der Waals surface area (Å²) in [6.45, 7) is 1.79. The summed E-state index contributed by atoms with van der Waals surface area (Å²) in [6, 6.07) is 1.23. The van der Waals surface area contributed by atoms with Crippen molar-refractivity contribution in [3.05, 3.63) is 144 Å². The Hall–Kier alpha value is -4.88. The van der Waals surface area contributed by atoms with Gasteiger partial charge in [-0.2, -0.15) is 9.29 Å². The van der Waals surface area contributed by atoms with Crippen LogP contribution in [0.25, 0.3) is 0 Å². The zero-order valence-electron chi connectivity index (χ0n) is 43.4. The van der Waals surface area contributed by atoms with Gasteiger partial charge in [-0.15, -0.1) is 0 Å². The van der Waals surface area contributed by atoms with Crippen molar-refractivity contribution in [2.45, 2.75) is 160 Å². The van der Waals surface area contributed by atoms with Gasteiger partial charge in [-0.25, -0.2) is 13.9 Å². The summed E-state index contributed by atoms with van der Waals surface area (Å²) in [5.74, 6) is -1.53. The molecule has 0 radical (unpaired) electrons. The van der Waals surface area contributed by atoms with Gasteiger partial charge in [-0.3, -0.25) is 23.2 Å². The number of nitrogen functional groups attached to an aromatic ring is 1. The number of anilines is 1. The maximum Gasteiger partial charge on any atom is 0.481 e. The van der Waals surface area contributed by atoms with Crippen LogP contribution in [0.2, 0.25) is 0 Å². The number of phosphoric acid groups is 2. The average molecular weight is 1090 g/mol. The molecule has 21 heteroatoms. The molecule has 0 amide bonds. The molecule has 1 aliphatic heterocycles. The zero-order chi connectivity index (χ0) is 55.0. The smallest absolute Gasteiger partial charge is 0.462 e. The van der Waals surface area contributed by atoms with E-state index in [9.17, 15) is 48.6 Å². The molecule has 0 aromatic carbocycles. The SMILES string of the molecule is CC/C=C\C/C=C\C/C=C\C/C=C\C/C=C\C/C=C\CCC(=O)O[C@H](COC(=O)CCC/C=C\C/C=C\C=C\[C@H](O)C/C=C\CCCCC)COP(=O)(O)OP(=O)(O)OC[C@H]1O[C@@H](n2ccc(N)nc2=O)[C@H](O)[C@@H]1O. The van der Waals surface area contributed by atoms with Gasteiger partial charge in [-0.1, -0.05) is 148 Å². The highest BCUT2D eigenvalue weighted by Gasteiger charge is 2.46. The summed E-state index contributed by atoms with van der Waals surface area (Å²) in [7, 11) is -10.9. The Kier molecular flexibility index (Phi) is 35.7. The Morgan fingerprint density at radius 2 is 1.29 bits per heavy atom. The molecule has 0 aliphatic carbocycles. The predicted molar refractivity (Wildman–Crippen MR) is 290 cm³/mol. The molecule has 1 aromatic heterocycles. The van der Waals surface area contributed by atoms with Gasteiger partial charge in [0.1, 0.15) is 30.7 Å². The summed E-state index contributed by atoms with van der Waals surface area (Å²) in [4.78, 5) is 61.9. The number of phosphoric ester groups is 2. The van der Waals surface area contributed by atoms with Gasteiger partial charge >= 0.3 is 33.3 Å². The molecule has 1 fully saturated rings. The number of unbranched alkanes of at least 4 members (excludes halogenated alkanes) is 4. The van der Waals surface area contributed by atoms with E-state index in [0.29, 0.717) is 32.1 Å². The molecular weight excluding hydrogens is 1010 g/mol. The summed E-state index contributed by atoms with van der Waals surface area (Å²) in [6.07, 6.45) is 44.7. The van der Waals surface area contributed by atoms with E-state index in [-0.39, 0.29) is 25.1 Å². The molecule has 2 heterocycles. The third kappa shape index (κ3) is 33.0. The molecule has 2 rings (SSSR count). The summed E-state index contributed by atoms with van der Waals surface area (Å²) in [5.41, 5.74) is 4.57. The van der Waals surface area contributed by atoms with Crippen molar-refractivity contribution in [2.24, 2.45) is 0 Å². The molecule has 7 N–H and O–H groups in total. The number of nitrogens with two attached hydrogens (primary N) is 1. The summed E-state index contributed by atoms with van der Waals surface area (Å²) < 4.78 is 56.6. The monoisotopic (exact) mass is 1090 g/mol. The van der Waals surface area contributed by atoms with E-state index in [1.54, 1.807) is 18.2 Å². The lowest BCUT2D eigenvalue weighted by atomic mass is 10.1. The number of allylic oxidation sites excluding steroid dienone is 18. The first-order chi connectivity index (χ1) is 36.1. The first-order valence-corrected chi connectivity index (χ1v) is 28.6. The van der Waals surface area contributed by atoms with E-state index in [2.05, 4.69) is 77.8 Å². The highest BCUT2D eigenvalue weighted by atomic mass is 31.3. The second-order valence-corrected chi connectivity index (χ2v) is 20.2. The summed E-state index contributed by atoms with van der Waals surface area (Å²) >= 11 is 0. The van der Waals surface area contributed by atoms with Crippen LogP contribution >= 0.6 is 15.6 Å². The lowest BCUT2D eigenvalue weighted by molar-refractivity contribution is -0.161. The highest BCUT2D eigenvalue weighted by Crippen LogP contribution is 2.60. The number of nitrogens with zero attached hydrogens (tertiary/aromatic N) is 2. The molecule has 8 atom stereocenters. The standard InChI is InChI=1S/C54H81N3O16P2/c1-3-5-7-9-11-12-13-14-15-16-17-18-19-20-21-22-27-31-35-39-50(60)71-46(42-68-49(59)38-34-30-26-24-23-25-29-33-37-45(58)36-32-28-10-8-6-4-2)43-69-74(64,65)73-75(66,67)70-44-47-51(61)52(62)53(72-47)57-41-40-48(55)56-54(57)63/h5,7,11-12,14-15,17-18,20-21,24-29,31-33,37,40-41,45-47,51-53,58,61-62H,3-4,6,8-10,13,16,19,22-23,30,34-36,38-39,42-44H2,1-2H3,(H,64,65)(H,66,67)(H2,55,56,63)/b7-5-,12-11-,15-14-,18-17-,21-20-,26-24-,29-25-,31-27-,32-28-,37-33+/t45-,46-,47-,51-,52-,53-/m1/s1. The Morgan fingerprint density at radius 1 is 0.720 bits per heavy atom. The second-order valence-electron chi connectivity index (χ2n) is 17.1. The fourth-order valence-corrected chi connectivity index (χ4v) is 8.76. The van der Waals surface area contributed by atoms with Crippen molar-refractivity contribution in [1.29, 1.82) is 0 Å². The fourth-order valence-electron chi connectivity index (χ4n) is 6.65. The lowest BCUT2D eigenvalue weighted by Gasteiger charge is -2.21. The van der Waals surface area contributed by atoms with Crippen molar-refractivity contribution in [2.75, 3.05) is 25.6 Å². The van der Waals surface area contributed by atoms with Gasteiger partial charge in [0.05, 0.1) is 19.3 Å². The van der Waals surface area contributed by atoms with Crippen molar-refractivity contribution >= 4 is 33.4 Å². The minimum absolute atomic E-state index is 0.00448. The maximum absolute atomic E-state index is 12.9. The number of hydrogen-bond donors (Lipinski definition) is 6. The van der Waals surface area contributed by atoms with Gasteiger partial charge in [0.15, 0.2) is 12.3 Å². The Bertz CT molecular complexity index is 2250. The number of aliphatic hydroxyl groups is 3. The molecule has 75 heavy (non-hydrogen) atoms. The quantitative estimate of drug-likeness (QED) is 0.0117. The van der Waals surface area contributed by atoms with Crippen molar-refractivity contribution < 1.29 is 71.4 Å². The van der Waals surface area contributed by atoms with Crippen LogP contribution in [0.3, 0.4) is 0 Å². The minimum Gasteiger partial charge on any atom is -0.462 e. The number of rotatable bonds is 40. The van der Waals surface area contributed by atoms with Crippen LogP contribution in [0.4, 0.5) is 5.82 Å². The first-order valence-electron chi connectivity index (χ1n) is 25.7. The largest absolute Gasteiger partial charge is 0.481 e. The predicted octanol–water partition coefficient (Wildman–Crippen LogP) is 9.74. The van der Waals surface area contributed by atoms with E-state index in [1.807, 2.05) is 48.6 Å². The van der Waals surface area contributed by atoms with Crippen molar-refractivity contribution in [1.82, 2.24) is 9.55 Å². The van der Waals surface area contributed by atoms with E-state index in [0.717, 1.165) is 55.7 Å². The number of ether oxygens (including phenoxy) is 3. The number of carbonyl (C=O) groups is 2. The van der Waals surface area contributed by atoms with Gasteiger partial charge < -0.3 is 45.1 Å². The normalized spacial score (nSPS) is 20.2. The van der Waals surface area contributed by atoms with Gasteiger partial charge in [-0.05, 0) is 89.5 Å². The first kappa shape index (κ1) is 66.2. The highest BCUT2D eigenvalue weighted by molar-refractivity contribution is 7.61. The fraction of sp³-hybridized carbons (Fsp3) is 0.519. The van der Waals surface area contributed by atoms with Crippen LogP contribution in [0, 0.1) is 0 Å². The maximum atomic E-state index is 12.9. The second kappa shape index (κ2) is 40.4. The number of hydrogen-bond acceptors (Lipinski definition) is 16. The number of aliphatic hydroxyl groups excluding tert-OH is 3. The third-order valence-corrected chi connectivity index (χ3v) is 13.2. The van der Waals surface area contributed by atoms with Crippen molar-refractivity contribution in [3.8, 4) is 0 Å². The molecule has 0 saturated carbocycles. The van der Waals surface area contributed by atoms with Gasteiger partial charge in [0.2, 0.25) is 0 Å². The molecule has 2 unspecified atom stereocenters. The zero-order valence-corrected chi connectivity index (χ0v) is 45.2. The number of aromatic nitrogens is 2. The Labute approximate surface area is 442 Å². The molecule has 418 valence electrons. The number of esters is 2. The molecule has 19 nitrogen and oxygen atoms in total. The Balaban J connectivity index is 1.88. The lowest BCUT2D eigenvalue weighted by Crippen LogP contribution is -2.36. The van der Waals surface area contributed by atoms with Crippen molar-refractivity contribution in [3.63, 3.8) is 0 Å². The van der Waals surface area contributed by atoms with Crippen LogP contribution in [-0.4, -0.2) is 96.9 Å². The van der Waals surface area contributed by atoms with E-state index in [1.165, 1.54) is 18.9 Å². The molecule has 1 aromatic rings. The number of carbonyl (C=O) groups excluding carboxylic acids is 2. The van der Waals surface area contributed by atoms with Gasteiger partial charge in [0.25, 0.3) is 0 Å². The molecule has 0 spiro atoms. The Morgan fingerprint density at radius 3 is 1.92 bits per heavy atom. The van der Waals surface area contributed by atoms with Crippen LogP contribution in [0.15, 0.2) is 139 Å². The molecule has 1 aliphatic rings. The summed E-state index contributed by atoms with van der Waals surface area (Å²) in [5, 5.41) is 31.0. The molecule has 1 saturated heterocycles. The van der Waals surface area contributed by atoms with E-state index < -0.39 is 89.8 Å². The third-order valence-electron chi connectivity index (χ3n) is 10.6. The van der Waals surface area contributed by atoms with Crippen LogP contribution in [0.1, 0.15) is 129 Å². The van der Waals surface area contributed by atoms with Crippen LogP contribution in [-0.2, 0) is 46.3 Å². The topological polar surface area (TPSA) is 286 Å². The molecule has 0 bridgehead atoms. The average Bonchev–Trinajstić information content (AvgIpc) is 3.64. The van der Waals surface area contributed by atoms with E-state index >= 15 is 0 Å². The van der Waals surface area contributed by atoms with Crippen LogP contribution < -0.4 is 11.4 Å². The van der Waals surface area contributed by atoms with Crippen LogP contribution in [0.5, 0.6) is 0 Å². The van der Waals surface area contributed by atoms with E-state index in [4.69, 9.17) is 29.0 Å².